The van der Waals surface area contributed by atoms with E-state index in [2.05, 4.69) is 16.6 Å². The van der Waals surface area contributed by atoms with Gasteiger partial charge in [-0.25, -0.2) is 13.1 Å². The molecule has 1 unspecified atom stereocenters. The Hall–Kier alpha value is -1.05. The number of nitrogens with zero attached hydrogens (tertiary/aromatic N) is 1. The second-order valence-corrected chi connectivity index (χ2v) is 6.50. The number of aromatic nitrogens is 1. The normalized spacial score (nSPS) is 13.2. The Labute approximate surface area is 119 Å². The summed E-state index contributed by atoms with van der Waals surface area (Å²) in [5.41, 5.74) is 5.63. The summed E-state index contributed by atoms with van der Waals surface area (Å²) in [4.78, 5) is 3.94. The van der Waals surface area contributed by atoms with Gasteiger partial charge in [0.15, 0.2) is 0 Å². The van der Waals surface area contributed by atoms with Gasteiger partial charge in [0.25, 0.3) is 0 Å². The monoisotopic (exact) mass is 301 g/mol. The van der Waals surface area contributed by atoms with Gasteiger partial charge in [0.1, 0.15) is 15.6 Å². The lowest BCUT2D eigenvalue weighted by atomic mass is 10.2. The highest BCUT2D eigenvalue weighted by atomic mass is 32.2. The summed E-state index contributed by atoms with van der Waals surface area (Å²) in [5, 5.41) is 0. The zero-order valence-corrected chi connectivity index (χ0v) is 12.7. The van der Waals surface area contributed by atoms with Crippen LogP contribution in [0.4, 0.5) is 0 Å². The highest BCUT2D eigenvalue weighted by molar-refractivity contribution is 7.89. The minimum Gasteiger partial charge on any atom is -0.388 e. The van der Waals surface area contributed by atoms with Crippen molar-refractivity contribution in [3.63, 3.8) is 0 Å². The molecule has 0 aromatic carbocycles. The van der Waals surface area contributed by atoms with Crippen LogP contribution in [0.5, 0.6) is 0 Å². The Morgan fingerprint density at radius 3 is 2.84 bits per heavy atom. The van der Waals surface area contributed by atoms with Gasteiger partial charge in [-0.1, -0.05) is 32.0 Å². The fraction of sp³-hybridized carbons (Fsp3) is 0.500. The SMILES string of the molecule is CCCCC(C)NS(=O)(=O)c1cccnc1C(N)=S. The van der Waals surface area contributed by atoms with Gasteiger partial charge in [-0.2, -0.15) is 0 Å². The number of pyridine rings is 1. The molecule has 106 valence electrons. The molecule has 1 aromatic rings. The first kappa shape index (κ1) is 16.0. The van der Waals surface area contributed by atoms with Gasteiger partial charge >= 0.3 is 0 Å². The molecule has 1 heterocycles. The van der Waals surface area contributed by atoms with E-state index in [9.17, 15) is 8.42 Å². The second-order valence-electron chi connectivity index (χ2n) is 4.38. The molecule has 0 saturated heterocycles. The van der Waals surface area contributed by atoms with Gasteiger partial charge in [0.05, 0.1) is 0 Å². The van der Waals surface area contributed by atoms with Crippen LogP contribution >= 0.6 is 12.2 Å². The van der Waals surface area contributed by atoms with E-state index >= 15 is 0 Å². The van der Waals surface area contributed by atoms with Crippen molar-refractivity contribution in [1.29, 1.82) is 0 Å². The first-order chi connectivity index (χ1) is 8.88. The van der Waals surface area contributed by atoms with Crippen molar-refractivity contribution < 1.29 is 8.42 Å². The Bertz CT molecular complexity index is 544. The molecule has 0 fully saturated rings. The number of rotatable bonds is 7. The summed E-state index contributed by atoms with van der Waals surface area (Å²) in [7, 11) is -3.65. The van der Waals surface area contributed by atoms with Gasteiger partial charge < -0.3 is 5.73 Å². The van der Waals surface area contributed by atoms with E-state index in [1.54, 1.807) is 6.07 Å². The highest BCUT2D eigenvalue weighted by Gasteiger charge is 2.22. The maximum atomic E-state index is 12.3. The third kappa shape index (κ3) is 4.52. The van der Waals surface area contributed by atoms with Crippen LogP contribution in [0.15, 0.2) is 23.2 Å². The summed E-state index contributed by atoms with van der Waals surface area (Å²) in [6, 6.07) is 2.87. The molecule has 0 aliphatic heterocycles. The van der Waals surface area contributed by atoms with Crippen molar-refractivity contribution in [2.45, 2.75) is 44.0 Å². The number of nitrogens with one attached hydrogen (secondary N) is 1. The zero-order chi connectivity index (χ0) is 14.5. The smallest absolute Gasteiger partial charge is 0.243 e. The van der Waals surface area contributed by atoms with Crippen LogP contribution in [0.1, 0.15) is 38.8 Å². The molecule has 5 nitrogen and oxygen atoms in total. The molecule has 7 heteroatoms. The van der Waals surface area contributed by atoms with E-state index < -0.39 is 10.0 Å². The molecule has 0 aliphatic carbocycles. The summed E-state index contributed by atoms with van der Waals surface area (Å²) >= 11 is 4.83. The van der Waals surface area contributed by atoms with Crippen molar-refractivity contribution >= 4 is 27.2 Å². The molecule has 1 atom stereocenters. The Morgan fingerprint density at radius 1 is 1.58 bits per heavy atom. The third-order valence-corrected chi connectivity index (χ3v) is 4.46. The van der Waals surface area contributed by atoms with Crippen LogP contribution in [0.25, 0.3) is 0 Å². The van der Waals surface area contributed by atoms with E-state index in [4.69, 9.17) is 18.0 Å². The summed E-state index contributed by atoms with van der Waals surface area (Å²) in [5.74, 6) is 0. The number of sulfonamides is 1. The van der Waals surface area contributed by atoms with Crippen molar-refractivity contribution in [1.82, 2.24) is 9.71 Å². The van der Waals surface area contributed by atoms with Gasteiger partial charge in [0, 0.05) is 12.2 Å². The fourth-order valence-corrected chi connectivity index (χ4v) is 3.37. The first-order valence-electron chi connectivity index (χ1n) is 6.15. The van der Waals surface area contributed by atoms with E-state index in [1.807, 2.05) is 6.92 Å². The van der Waals surface area contributed by atoms with Crippen LogP contribution < -0.4 is 10.5 Å². The van der Waals surface area contributed by atoms with Crippen LogP contribution in [0.2, 0.25) is 0 Å². The van der Waals surface area contributed by atoms with Crippen LogP contribution in [-0.4, -0.2) is 24.4 Å². The number of nitrogens with two attached hydrogens (primary N) is 1. The number of hydrogen-bond donors (Lipinski definition) is 2. The number of hydrogen-bond acceptors (Lipinski definition) is 4. The van der Waals surface area contributed by atoms with E-state index in [0.29, 0.717) is 0 Å². The lowest BCUT2D eigenvalue weighted by Gasteiger charge is -2.15. The van der Waals surface area contributed by atoms with Crippen molar-refractivity contribution in [2.24, 2.45) is 5.73 Å². The molecule has 0 amide bonds. The average molecular weight is 301 g/mol. The minimum absolute atomic E-state index is 0.0258. The Balaban J connectivity index is 2.98. The minimum atomic E-state index is -3.65. The van der Waals surface area contributed by atoms with Gasteiger partial charge in [-0.15, -0.1) is 0 Å². The third-order valence-electron chi connectivity index (χ3n) is 2.64. The molecule has 0 bridgehead atoms. The molecular weight excluding hydrogens is 282 g/mol. The molecule has 0 spiro atoms. The largest absolute Gasteiger partial charge is 0.388 e. The molecular formula is C12H19N3O2S2. The predicted molar refractivity (Wildman–Crippen MR) is 79.4 cm³/mol. The predicted octanol–water partition coefficient (Wildman–Crippen LogP) is 1.57. The Morgan fingerprint density at radius 2 is 2.26 bits per heavy atom. The van der Waals surface area contributed by atoms with Crippen molar-refractivity contribution in [2.75, 3.05) is 0 Å². The van der Waals surface area contributed by atoms with E-state index in [-0.39, 0.29) is 21.6 Å². The molecule has 0 aliphatic rings. The maximum Gasteiger partial charge on any atom is 0.243 e. The first-order valence-corrected chi connectivity index (χ1v) is 8.04. The summed E-state index contributed by atoms with van der Waals surface area (Å²) < 4.78 is 27.1. The summed E-state index contributed by atoms with van der Waals surface area (Å²) in [6.45, 7) is 3.90. The van der Waals surface area contributed by atoms with Crippen molar-refractivity contribution in [3.8, 4) is 0 Å². The topological polar surface area (TPSA) is 85.1 Å². The van der Waals surface area contributed by atoms with Crippen LogP contribution in [0, 0.1) is 0 Å². The van der Waals surface area contributed by atoms with E-state index in [1.165, 1.54) is 12.3 Å². The fourth-order valence-electron chi connectivity index (χ4n) is 1.69. The molecule has 1 aromatic heterocycles. The summed E-state index contributed by atoms with van der Waals surface area (Å²) in [6.07, 6.45) is 4.25. The lowest BCUT2D eigenvalue weighted by Crippen LogP contribution is -2.34. The quantitative estimate of drug-likeness (QED) is 0.747. The molecule has 3 N–H and O–H groups in total. The van der Waals surface area contributed by atoms with E-state index in [0.717, 1.165) is 19.3 Å². The number of unbranched alkanes of at least 4 members (excludes halogenated alkanes) is 1. The van der Waals surface area contributed by atoms with Gasteiger partial charge in [0.2, 0.25) is 10.0 Å². The molecule has 19 heavy (non-hydrogen) atoms. The zero-order valence-electron chi connectivity index (χ0n) is 11.1. The maximum absolute atomic E-state index is 12.3. The Kier molecular flexibility index (Phi) is 5.84. The van der Waals surface area contributed by atoms with Crippen LogP contribution in [0.3, 0.4) is 0 Å². The highest BCUT2D eigenvalue weighted by Crippen LogP contribution is 2.14. The average Bonchev–Trinajstić information content (AvgIpc) is 2.35. The van der Waals surface area contributed by atoms with Crippen molar-refractivity contribution in [3.05, 3.63) is 24.0 Å². The molecule has 0 saturated carbocycles. The van der Waals surface area contributed by atoms with Gasteiger partial charge in [-0.3, -0.25) is 4.98 Å². The standard InChI is InChI=1S/C12H19N3O2S2/c1-3-4-6-9(2)15-19(16,17)10-7-5-8-14-11(10)12(13)18/h5,7-9,15H,3-4,6H2,1-2H3,(H2,13,18). The second kappa shape index (κ2) is 6.93. The number of thiocarbonyl (C=S) groups is 1. The lowest BCUT2D eigenvalue weighted by molar-refractivity contribution is 0.534. The molecule has 0 radical (unpaired) electrons. The molecule has 1 rings (SSSR count). The van der Waals surface area contributed by atoms with Gasteiger partial charge in [-0.05, 0) is 25.5 Å². The van der Waals surface area contributed by atoms with Crippen LogP contribution in [-0.2, 0) is 10.0 Å².